The van der Waals surface area contributed by atoms with Crippen LogP contribution in [0.25, 0.3) is 22.6 Å². The summed E-state index contributed by atoms with van der Waals surface area (Å²) in [5.41, 5.74) is 2.78. The van der Waals surface area contributed by atoms with Crippen LogP contribution in [0.15, 0.2) is 56.3 Å². The van der Waals surface area contributed by atoms with Crippen LogP contribution >= 0.6 is 23.2 Å². The number of H-pyrrole nitrogens is 1. The molecular weight excluding hydrogens is 541 g/mol. The van der Waals surface area contributed by atoms with Gasteiger partial charge in [-0.05, 0) is 55.7 Å². The second kappa shape index (κ2) is 9.83. The summed E-state index contributed by atoms with van der Waals surface area (Å²) in [6, 6.07) is 11.9. The second-order valence-corrected chi connectivity index (χ2v) is 10.3. The molecule has 38 heavy (non-hydrogen) atoms. The van der Waals surface area contributed by atoms with Gasteiger partial charge in [0, 0.05) is 34.8 Å². The van der Waals surface area contributed by atoms with E-state index in [0.717, 1.165) is 12.8 Å². The minimum atomic E-state index is -3.10. The van der Waals surface area contributed by atoms with Crippen LogP contribution in [-0.2, 0) is 11.3 Å². The normalized spacial score (nSPS) is 19.2. The fourth-order valence-electron chi connectivity index (χ4n) is 4.76. The maximum Gasteiger partial charge on any atom is 0.439 e. The van der Waals surface area contributed by atoms with E-state index in [1.165, 1.54) is 0 Å². The zero-order chi connectivity index (χ0) is 26.4. The lowest BCUT2D eigenvalue weighted by Crippen LogP contribution is -2.52. The Morgan fingerprint density at radius 2 is 1.79 bits per heavy atom. The molecule has 1 saturated carbocycles. The third kappa shape index (κ3) is 4.83. The molecule has 6 rings (SSSR count). The van der Waals surface area contributed by atoms with Gasteiger partial charge in [-0.2, -0.15) is 0 Å². The molecule has 1 N–H and O–H groups in total. The van der Waals surface area contributed by atoms with Crippen molar-refractivity contribution in [1.82, 2.24) is 15.3 Å². The first-order chi connectivity index (χ1) is 18.3. The van der Waals surface area contributed by atoms with Crippen LogP contribution in [0.4, 0.5) is 14.5 Å². The first kappa shape index (κ1) is 25.1. The summed E-state index contributed by atoms with van der Waals surface area (Å²) in [6.07, 6.45) is 0.725. The average Bonchev–Trinajstić information content (AvgIpc) is 3.51. The highest BCUT2D eigenvalue weighted by Gasteiger charge is 2.46. The molecule has 12 heteroatoms. The van der Waals surface area contributed by atoms with Crippen LogP contribution in [0.1, 0.15) is 36.5 Å². The van der Waals surface area contributed by atoms with Gasteiger partial charge in [0.25, 0.3) is 5.92 Å². The van der Waals surface area contributed by atoms with Gasteiger partial charge in [-0.3, -0.25) is 9.51 Å². The van der Waals surface area contributed by atoms with Crippen molar-refractivity contribution >= 4 is 28.9 Å². The number of alkyl halides is 2. The van der Waals surface area contributed by atoms with Crippen molar-refractivity contribution in [2.75, 3.05) is 18.0 Å². The molecule has 0 amide bonds. The highest BCUT2D eigenvalue weighted by atomic mass is 35.5. The van der Waals surface area contributed by atoms with E-state index in [0.29, 0.717) is 50.4 Å². The number of halogens is 4. The Kier molecular flexibility index (Phi) is 6.49. The molecule has 0 radical (unpaired) electrons. The number of nitrogens with one attached hydrogen (secondary N) is 1. The van der Waals surface area contributed by atoms with Crippen molar-refractivity contribution < 1.29 is 22.6 Å². The van der Waals surface area contributed by atoms with E-state index in [4.69, 9.17) is 32.5 Å². The Balaban J connectivity index is 1.17. The fraction of sp³-hybridized carbons (Fsp3) is 0.346. The van der Waals surface area contributed by atoms with Crippen molar-refractivity contribution in [3.8, 4) is 22.6 Å². The molecule has 2 aromatic carbocycles. The van der Waals surface area contributed by atoms with E-state index in [2.05, 4.69) is 19.8 Å². The maximum absolute atomic E-state index is 15.3. The van der Waals surface area contributed by atoms with Crippen molar-refractivity contribution in [2.45, 2.75) is 43.8 Å². The van der Waals surface area contributed by atoms with Gasteiger partial charge < -0.3 is 14.2 Å². The Bertz CT molecular complexity index is 1490. The van der Waals surface area contributed by atoms with Crippen molar-refractivity contribution in [3.63, 3.8) is 0 Å². The van der Waals surface area contributed by atoms with Crippen LogP contribution < -0.4 is 10.7 Å². The maximum atomic E-state index is 15.3. The summed E-state index contributed by atoms with van der Waals surface area (Å²) in [6.45, 7) is -0.208. The number of aromatic nitrogens is 3. The molecule has 2 aromatic heterocycles. The minimum Gasteiger partial charge on any atom is -0.367 e. The Morgan fingerprint density at radius 3 is 2.42 bits per heavy atom. The summed E-state index contributed by atoms with van der Waals surface area (Å²) in [5.74, 6) is -2.66. The van der Waals surface area contributed by atoms with Crippen molar-refractivity contribution in [3.05, 3.63) is 74.4 Å². The predicted molar refractivity (Wildman–Crippen MR) is 137 cm³/mol. The third-order valence-corrected chi connectivity index (χ3v) is 7.51. The molecule has 198 valence electrons. The molecule has 2 fully saturated rings. The molecule has 1 saturated heterocycles. The lowest BCUT2D eigenvalue weighted by Gasteiger charge is -2.39. The quantitative estimate of drug-likeness (QED) is 0.282. The Labute approximate surface area is 225 Å². The van der Waals surface area contributed by atoms with E-state index < -0.39 is 24.3 Å². The fourth-order valence-corrected chi connectivity index (χ4v) is 5.34. The number of benzene rings is 2. The number of hydrogen-bond acceptors (Lipinski definition) is 7. The second-order valence-electron chi connectivity index (χ2n) is 9.51. The summed E-state index contributed by atoms with van der Waals surface area (Å²) >= 11 is 12.8. The standard InChI is InChI=1S/C26H22Cl2F2N4O4/c27-18-2-1-3-19(28)21(18)22-17(23(37-32-22)14-4-5-14)12-36-20-10-11-34(13-26(20,29)30)16-8-6-15(7-9-16)24-31-25(35)38-33-24/h1-3,6-9,14,20H,4-5,10-13H2,(H,31,33,35). The summed E-state index contributed by atoms with van der Waals surface area (Å²) in [4.78, 5) is 15.2. The number of anilines is 1. The van der Waals surface area contributed by atoms with Crippen molar-refractivity contribution in [2.24, 2.45) is 0 Å². The topological polar surface area (TPSA) is 97.4 Å². The van der Waals surface area contributed by atoms with E-state index in [1.54, 1.807) is 47.4 Å². The first-order valence-electron chi connectivity index (χ1n) is 12.1. The Morgan fingerprint density at radius 1 is 1.05 bits per heavy atom. The molecule has 1 atom stereocenters. The van der Waals surface area contributed by atoms with E-state index in [1.807, 2.05) is 0 Å². The van der Waals surface area contributed by atoms with E-state index in [9.17, 15) is 4.79 Å². The number of piperidine rings is 1. The number of ether oxygens (including phenoxy) is 1. The number of rotatable bonds is 7. The highest BCUT2D eigenvalue weighted by molar-refractivity contribution is 6.39. The Hall–Kier alpha value is -3.21. The van der Waals surface area contributed by atoms with E-state index >= 15 is 8.78 Å². The van der Waals surface area contributed by atoms with Crippen LogP contribution in [0, 0.1) is 0 Å². The van der Waals surface area contributed by atoms with Gasteiger partial charge >= 0.3 is 5.76 Å². The number of hydrogen-bond donors (Lipinski definition) is 1. The van der Waals surface area contributed by atoms with Gasteiger partial charge in [0.2, 0.25) is 0 Å². The van der Waals surface area contributed by atoms with Gasteiger partial charge in [-0.25, -0.2) is 13.6 Å². The minimum absolute atomic E-state index is 0.0862. The highest BCUT2D eigenvalue weighted by Crippen LogP contribution is 2.46. The van der Waals surface area contributed by atoms with Crippen LogP contribution in [0.5, 0.6) is 0 Å². The van der Waals surface area contributed by atoms with Crippen LogP contribution in [0.2, 0.25) is 10.0 Å². The largest absolute Gasteiger partial charge is 0.439 e. The van der Waals surface area contributed by atoms with Gasteiger partial charge in [0.15, 0.2) is 5.82 Å². The number of aromatic amines is 1. The molecule has 3 heterocycles. The molecule has 0 bridgehead atoms. The average molecular weight is 563 g/mol. The lowest BCUT2D eigenvalue weighted by atomic mass is 10.0. The summed E-state index contributed by atoms with van der Waals surface area (Å²) in [7, 11) is 0. The SMILES string of the molecule is O=c1[nH]c(-c2ccc(N3CCC(OCc4c(-c5c(Cl)cccc5Cl)noc4C4CC4)C(F)(F)C3)cc2)no1. The lowest BCUT2D eigenvalue weighted by molar-refractivity contribution is -0.148. The third-order valence-electron chi connectivity index (χ3n) is 6.88. The van der Waals surface area contributed by atoms with Crippen molar-refractivity contribution in [1.29, 1.82) is 0 Å². The zero-order valence-electron chi connectivity index (χ0n) is 19.9. The molecule has 2 aliphatic rings. The molecule has 1 aliphatic heterocycles. The van der Waals surface area contributed by atoms with E-state index in [-0.39, 0.29) is 24.8 Å². The van der Waals surface area contributed by atoms with Crippen LogP contribution in [-0.4, -0.2) is 40.4 Å². The first-order valence-corrected chi connectivity index (χ1v) is 12.9. The smallest absolute Gasteiger partial charge is 0.367 e. The zero-order valence-corrected chi connectivity index (χ0v) is 21.4. The monoisotopic (exact) mass is 562 g/mol. The van der Waals surface area contributed by atoms with Crippen LogP contribution in [0.3, 0.4) is 0 Å². The predicted octanol–water partition coefficient (Wildman–Crippen LogP) is 6.30. The summed E-state index contributed by atoms with van der Waals surface area (Å²) < 4.78 is 46.6. The van der Waals surface area contributed by atoms with Gasteiger partial charge in [-0.1, -0.05) is 39.6 Å². The van der Waals surface area contributed by atoms with Gasteiger partial charge in [-0.15, -0.1) is 0 Å². The summed E-state index contributed by atoms with van der Waals surface area (Å²) in [5, 5.41) is 8.64. The molecule has 4 aromatic rings. The van der Waals surface area contributed by atoms with Gasteiger partial charge in [0.05, 0.1) is 23.2 Å². The molecular formula is C26H22Cl2F2N4O4. The molecule has 0 spiro atoms. The number of nitrogens with zero attached hydrogens (tertiary/aromatic N) is 3. The molecule has 1 aliphatic carbocycles. The molecule has 8 nitrogen and oxygen atoms in total. The molecule has 1 unspecified atom stereocenters. The van der Waals surface area contributed by atoms with Gasteiger partial charge in [0.1, 0.15) is 17.6 Å².